The van der Waals surface area contributed by atoms with Gasteiger partial charge in [0.05, 0.1) is 4.92 Å². The van der Waals surface area contributed by atoms with Crippen molar-refractivity contribution in [3.8, 4) is 0 Å². The minimum absolute atomic E-state index is 0.0717. The van der Waals surface area contributed by atoms with E-state index in [1.54, 1.807) is 17.0 Å². The van der Waals surface area contributed by atoms with Crippen LogP contribution in [0.5, 0.6) is 0 Å². The number of aliphatic carboxylic acids is 1. The number of carboxylic acid groups (broad SMARTS) is 1. The number of nitrogens with zero attached hydrogens (tertiary/aromatic N) is 2. The monoisotopic (exact) mass is 314 g/mol. The van der Waals surface area contributed by atoms with Crippen LogP contribution in [-0.4, -0.2) is 28.6 Å². The molecule has 1 aliphatic rings. The predicted molar refractivity (Wildman–Crippen MR) is 68.8 cm³/mol. The summed E-state index contributed by atoms with van der Waals surface area (Å²) in [6, 6.07) is 3.94. The molecule has 1 unspecified atom stereocenters. The Morgan fingerprint density at radius 3 is 2.89 bits per heavy atom. The van der Waals surface area contributed by atoms with Gasteiger partial charge in [-0.05, 0) is 34.8 Å². The van der Waals surface area contributed by atoms with Gasteiger partial charge in [-0.3, -0.25) is 10.1 Å². The van der Waals surface area contributed by atoms with E-state index in [9.17, 15) is 14.9 Å². The second kappa shape index (κ2) is 4.93. The Morgan fingerprint density at radius 1 is 1.56 bits per heavy atom. The first-order valence-electron chi connectivity index (χ1n) is 5.44. The molecule has 1 aromatic carbocycles. The van der Waals surface area contributed by atoms with E-state index >= 15 is 0 Å². The molecule has 0 saturated carbocycles. The fourth-order valence-corrected chi connectivity index (χ4v) is 2.81. The van der Waals surface area contributed by atoms with Gasteiger partial charge in [-0.2, -0.15) is 0 Å². The lowest BCUT2D eigenvalue weighted by Crippen LogP contribution is -2.36. The fourth-order valence-electron chi connectivity index (χ4n) is 2.23. The van der Waals surface area contributed by atoms with Gasteiger partial charge in [-0.15, -0.1) is 0 Å². The minimum atomic E-state index is -0.947. The van der Waals surface area contributed by atoms with Crippen molar-refractivity contribution >= 4 is 33.3 Å². The molecule has 1 N–H and O–H groups in total. The fraction of sp³-hybridized carbons (Fsp3) is 0.364. The van der Waals surface area contributed by atoms with E-state index in [1.807, 2.05) is 0 Å². The van der Waals surface area contributed by atoms with Crippen LogP contribution < -0.4 is 4.90 Å². The third-order valence-electron chi connectivity index (χ3n) is 2.99. The molecule has 0 radical (unpaired) electrons. The maximum absolute atomic E-state index is 11.2. The topological polar surface area (TPSA) is 83.7 Å². The molecule has 0 spiro atoms. The SMILES string of the molecule is O=C(O)C1CCCN1c1c(Br)cccc1[N+](=O)[O-]. The van der Waals surface area contributed by atoms with Crippen molar-refractivity contribution < 1.29 is 14.8 Å². The maximum atomic E-state index is 11.2. The zero-order chi connectivity index (χ0) is 13.3. The Labute approximate surface area is 111 Å². The molecule has 2 rings (SSSR count). The van der Waals surface area contributed by atoms with Crippen LogP contribution >= 0.6 is 15.9 Å². The van der Waals surface area contributed by atoms with E-state index in [4.69, 9.17) is 5.11 Å². The molecule has 0 aromatic heterocycles. The molecular weight excluding hydrogens is 304 g/mol. The van der Waals surface area contributed by atoms with Crippen LogP contribution in [0.2, 0.25) is 0 Å². The maximum Gasteiger partial charge on any atom is 0.326 e. The number of nitro groups is 1. The molecule has 1 heterocycles. The number of hydrogen-bond donors (Lipinski definition) is 1. The Bertz CT molecular complexity index is 506. The number of carbonyl (C=O) groups is 1. The molecule has 6 nitrogen and oxygen atoms in total. The van der Waals surface area contributed by atoms with Crippen LogP contribution in [0.15, 0.2) is 22.7 Å². The zero-order valence-corrected chi connectivity index (χ0v) is 11.0. The molecule has 1 fully saturated rings. The van der Waals surface area contributed by atoms with Crippen molar-refractivity contribution in [1.82, 2.24) is 0 Å². The van der Waals surface area contributed by atoms with E-state index in [0.29, 0.717) is 23.1 Å². The normalized spacial score (nSPS) is 18.9. The number of halogens is 1. The van der Waals surface area contributed by atoms with Crippen molar-refractivity contribution in [2.45, 2.75) is 18.9 Å². The minimum Gasteiger partial charge on any atom is -0.480 e. The van der Waals surface area contributed by atoms with Gasteiger partial charge in [0, 0.05) is 17.1 Å². The number of nitro benzene ring substituents is 1. The molecule has 1 aliphatic heterocycles. The lowest BCUT2D eigenvalue weighted by atomic mass is 10.2. The first kappa shape index (κ1) is 12.8. The van der Waals surface area contributed by atoms with Gasteiger partial charge < -0.3 is 10.0 Å². The van der Waals surface area contributed by atoms with Crippen molar-refractivity contribution in [3.63, 3.8) is 0 Å². The Kier molecular flexibility index (Phi) is 3.51. The van der Waals surface area contributed by atoms with Crippen LogP contribution in [0.3, 0.4) is 0 Å². The number of carboxylic acids is 1. The van der Waals surface area contributed by atoms with Crippen LogP contribution in [0, 0.1) is 10.1 Å². The summed E-state index contributed by atoms with van der Waals surface area (Å²) in [4.78, 5) is 23.3. The van der Waals surface area contributed by atoms with E-state index in [1.165, 1.54) is 6.07 Å². The Balaban J connectivity index is 2.50. The quantitative estimate of drug-likeness (QED) is 0.684. The summed E-state index contributed by atoms with van der Waals surface area (Å²) in [7, 11) is 0. The van der Waals surface area contributed by atoms with Gasteiger partial charge in [-0.25, -0.2) is 4.79 Å². The third-order valence-corrected chi connectivity index (χ3v) is 3.63. The predicted octanol–water partition coefficient (Wildman–Crippen LogP) is 2.41. The number of anilines is 1. The van der Waals surface area contributed by atoms with E-state index in [-0.39, 0.29) is 5.69 Å². The third kappa shape index (κ3) is 2.17. The highest BCUT2D eigenvalue weighted by atomic mass is 79.9. The average Bonchev–Trinajstić information content (AvgIpc) is 2.77. The molecular formula is C11H11BrN2O4. The molecule has 0 bridgehead atoms. The number of rotatable bonds is 3. The highest BCUT2D eigenvalue weighted by Gasteiger charge is 2.35. The van der Waals surface area contributed by atoms with Crippen molar-refractivity contribution in [2.75, 3.05) is 11.4 Å². The molecule has 7 heteroatoms. The van der Waals surface area contributed by atoms with Gasteiger partial charge in [0.25, 0.3) is 5.69 Å². The van der Waals surface area contributed by atoms with Crippen LogP contribution in [-0.2, 0) is 4.79 Å². The van der Waals surface area contributed by atoms with Crippen molar-refractivity contribution in [3.05, 3.63) is 32.8 Å². The summed E-state index contributed by atoms with van der Waals surface area (Å²) < 4.78 is 0.546. The van der Waals surface area contributed by atoms with Crippen molar-refractivity contribution in [1.29, 1.82) is 0 Å². The first-order chi connectivity index (χ1) is 8.52. The second-order valence-electron chi connectivity index (χ2n) is 4.05. The summed E-state index contributed by atoms with van der Waals surface area (Å²) in [5.41, 5.74) is 0.282. The Hall–Kier alpha value is -1.63. The number of hydrogen-bond acceptors (Lipinski definition) is 4. The van der Waals surface area contributed by atoms with Crippen LogP contribution in [0.25, 0.3) is 0 Å². The van der Waals surface area contributed by atoms with Gasteiger partial charge in [0.1, 0.15) is 11.7 Å². The summed E-state index contributed by atoms with van der Waals surface area (Å²) >= 11 is 3.26. The van der Waals surface area contributed by atoms with Crippen molar-refractivity contribution in [2.24, 2.45) is 0 Å². The van der Waals surface area contributed by atoms with E-state index in [0.717, 1.165) is 6.42 Å². The highest BCUT2D eigenvalue weighted by molar-refractivity contribution is 9.10. The lowest BCUT2D eigenvalue weighted by molar-refractivity contribution is -0.384. The Morgan fingerprint density at radius 2 is 2.28 bits per heavy atom. The number of benzene rings is 1. The molecule has 1 saturated heterocycles. The van der Waals surface area contributed by atoms with Gasteiger partial charge in [0.15, 0.2) is 0 Å². The van der Waals surface area contributed by atoms with Gasteiger partial charge in [0.2, 0.25) is 0 Å². The molecule has 1 atom stereocenters. The summed E-state index contributed by atoms with van der Waals surface area (Å²) in [5.74, 6) is -0.947. The van der Waals surface area contributed by atoms with E-state index in [2.05, 4.69) is 15.9 Å². The summed E-state index contributed by atoms with van der Waals surface area (Å²) in [6.07, 6.45) is 1.23. The summed E-state index contributed by atoms with van der Waals surface area (Å²) in [5, 5.41) is 20.2. The van der Waals surface area contributed by atoms with E-state index < -0.39 is 16.9 Å². The summed E-state index contributed by atoms with van der Waals surface area (Å²) in [6.45, 7) is 0.514. The number of para-hydroxylation sites is 1. The molecule has 18 heavy (non-hydrogen) atoms. The first-order valence-corrected chi connectivity index (χ1v) is 6.24. The van der Waals surface area contributed by atoms with Gasteiger partial charge in [-0.1, -0.05) is 6.07 Å². The molecule has 0 amide bonds. The largest absolute Gasteiger partial charge is 0.480 e. The van der Waals surface area contributed by atoms with Crippen LogP contribution in [0.1, 0.15) is 12.8 Å². The molecule has 1 aromatic rings. The standard InChI is InChI=1S/C11H11BrN2O4/c12-7-3-1-4-8(14(17)18)10(7)13-6-2-5-9(13)11(15)16/h1,3-4,9H,2,5-6H2,(H,15,16). The molecule has 96 valence electrons. The second-order valence-corrected chi connectivity index (χ2v) is 4.91. The lowest BCUT2D eigenvalue weighted by Gasteiger charge is -2.24. The smallest absolute Gasteiger partial charge is 0.326 e. The highest BCUT2D eigenvalue weighted by Crippen LogP contribution is 2.39. The average molecular weight is 315 g/mol. The van der Waals surface area contributed by atoms with Crippen LogP contribution in [0.4, 0.5) is 11.4 Å². The molecule has 0 aliphatic carbocycles. The zero-order valence-electron chi connectivity index (χ0n) is 9.38. The van der Waals surface area contributed by atoms with Gasteiger partial charge >= 0.3 is 5.97 Å².